The second-order valence-electron chi connectivity index (χ2n) is 5.66. The number of carbonyl (C=O) groups is 2. The van der Waals surface area contributed by atoms with Gasteiger partial charge in [0.2, 0.25) is 0 Å². The lowest BCUT2D eigenvalue weighted by atomic mass is 10.1. The number of nitrogens with zero attached hydrogens (tertiary/aromatic N) is 2. The van der Waals surface area contributed by atoms with Crippen molar-refractivity contribution in [2.45, 2.75) is 38.1 Å². The zero-order chi connectivity index (χ0) is 15.9. The van der Waals surface area contributed by atoms with Crippen LogP contribution in [0.3, 0.4) is 0 Å². The van der Waals surface area contributed by atoms with Crippen molar-refractivity contribution in [3.8, 4) is 0 Å². The van der Waals surface area contributed by atoms with Crippen LogP contribution in [0.25, 0.3) is 0 Å². The van der Waals surface area contributed by atoms with Crippen molar-refractivity contribution < 1.29 is 14.3 Å². The Morgan fingerprint density at radius 2 is 2.23 bits per heavy atom. The Balaban J connectivity index is 1.77. The SMILES string of the molecule is COC(=O)CCCCNC(=O)N1CCCC1c1cccn1C. The van der Waals surface area contributed by atoms with Crippen LogP contribution in [-0.2, 0) is 16.6 Å². The smallest absolute Gasteiger partial charge is 0.317 e. The van der Waals surface area contributed by atoms with Crippen molar-refractivity contribution in [2.75, 3.05) is 20.2 Å². The number of esters is 1. The lowest BCUT2D eigenvalue weighted by Gasteiger charge is -2.25. The van der Waals surface area contributed by atoms with Crippen LogP contribution < -0.4 is 5.32 Å². The fourth-order valence-electron chi connectivity index (χ4n) is 2.93. The van der Waals surface area contributed by atoms with Crippen LogP contribution in [0.15, 0.2) is 18.3 Å². The van der Waals surface area contributed by atoms with E-state index >= 15 is 0 Å². The molecular formula is C16H25N3O3. The number of urea groups is 1. The van der Waals surface area contributed by atoms with Gasteiger partial charge in [-0.2, -0.15) is 0 Å². The largest absolute Gasteiger partial charge is 0.469 e. The molecule has 2 heterocycles. The molecule has 1 unspecified atom stereocenters. The molecule has 0 radical (unpaired) electrons. The third-order valence-electron chi connectivity index (χ3n) is 4.15. The van der Waals surface area contributed by atoms with Gasteiger partial charge in [-0.25, -0.2) is 4.79 Å². The maximum atomic E-state index is 12.3. The lowest BCUT2D eigenvalue weighted by molar-refractivity contribution is -0.140. The molecule has 1 atom stereocenters. The van der Waals surface area contributed by atoms with Crippen LogP contribution in [0, 0.1) is 0 Å². The summed E-state index contributed by atoms with van der Waals surface area (Å²) in [5.74, 6) is -0.199. The van der Waals surface area contributed by atoms with E-state index in [2.05, 4.69) is 20.7 Å². The van der Waals surface area contributed by atoms with Crippen LogP contribution in [0.1, 0.15) is 43.8 Å². The first kappa shape index (κ1) is 16.4. The van der Waals surface area contributed by atoms with Crippen molar-refractivity contribution >= 4 is 12.0 Å². The molecule has 0 bridgehead atoms. The maximum Gasteiger partial charge on any atom is 0.317 e. The molecule has 1 N–H and O–H groups in total. The monoisotopic (exact) mass is 307 g/mol. The predicted molar refractivity (Wildman–Crippen MR) is 83.4 cm³/mol. The molecule has 2 amide bonds. The van der Waals surface area contributed by atoms with Crippen molar-refractivity contribution in [3.05, 3.63) is 24.0 Å². The normalized spacial score (nSPS) is 17.5. The number of hydrogen-bond acceptors (Lipinski definition) is 3. The van der Waals surface area contributed by atoms with Gasteiger partial charge in [-0.3, -0.25) is 4.79 Å². The van der Waals surface area contributed by atoms with E-state index in [9.17, 15) is 9.59 Å². The second kappa shape index (κ2) is 7.87. The van der Waals surface area contributed by atoms with E-state index < -0.39 is 0 Å². The summed E-state index contributed by atoms with van der Waals surface area (Å²) in [6.07, 6.45) is 5.97. The number of aryl methyl sites for hydroxylation is 1. The average Bonchev–Trinajstić information content (AvgIpc) is 3.14. The van der Waals surface area contributed by atoms with Gasteiger partial charge in [0, 0.05) is 38.4 Å². The molecule has 1 aliphatic heterocycles. The van der Waals surface area contributed by atoms with E-state index in [0.717, 1.165) is 32.2 Å². The number of unbranched alkanes of at least 4 members (excludes halogenated alkanes) is 1. The van der Waals surface area contributed by atoms with Gasteiger partial charge in [0.05, 0.1) is 13.2 Å². The first-order valence-corrected chi connectivity index (χ1v) is 7.86. The second-order valence-corrected chi connectivity index (χ2v) is 5.66. The third-order valence-corrected chi connectivity index (χ3v) is 4.15. The Kier molecular flexibility index (Phi) is 5.86. The van der Waals surface area contributed by atoms with Crippen molar-refractivity contribution in [1.82, 2.24) is 14.8 Å². The molecule has 2 rings (SSSR count). The summed E-state index contributed by atoms with van der Waals surface area (Å²) in [4.78, 5) is 25.2. The summed E-state index contributed by atoms with van der Waals surface area (Å²) in [5.41, 5.74) is 1.18. The third kappa shape index (κ3) is 4.02. The number of amides is 2. The van der Waals surface area contributed by atoms with Crippen molar-refractivity contribution in [1.29, 1.82) is 0 Å². The molecule has 122 valence electrons. The number of likely N-dealkylation sites (tertiary alicyclic amines) is 1. The summed E-state index contributed by atoms with van der Waals surface area (Å²) in [5, 5.41) is 2.95. The Bertz CT molecular complexity index is 512. The summed E-state index contributed by atoms with van der Waals surface area (Å²) in [6.45, 7) is 1.38. The Morgan fingerprint density at radius 3 is 2.91 bits per heavy atom. The number of nitrogens with one attached hydrogen (secondary N) is 1. The van der Waals surface area contributed by atoms with E-state index in [1.54, 1.807) is 0 Å². The number of hydrogen-bond donors (Lipinski definition) is 1. The van der Waals surface area contributed by atoms with Crippen LogP contribution in [0.5, 0.6) is 0 Å². The zero-order valence-electron chi connectivity index (χ0n) is 13.4. The molecule has 1 aromatic heterocycles. The van der Waals surface area contributed by atoms with Gasteiger partial charge >= 0.3 is 12.0 Å². The van der Waals surface area contributed by atoms with Gasteiger partial charge in [0.15, 0.2) is 0 Å². The molecule has 1 aliphatic rings. The summed E-state index contributed by atoms with van der Waals surface area (Å²) in [6, 6.07) is 4.24. The van der Waals surface area contributed by atoms with E-state index in [0.29, 0.717) is 13.0 Å². The topological polar surface area (TPSA) is 63.6 Å². The van der Waals surface area contributed by atoms with Crippen molar-refractivity contribution in [2.24, 2.45) is 7.05 Å². The molecule has 6 heteroatoms. The minimum atomic E-state index is -0.199. The van der Waals surface area contributed by atoms with E-state index in [1.165, 1.54) is 12.8 Å². The fourth-order valence-corrected chi connectivity index (χ4v) is 2.93. The van der Waals surface area contributed by atoms with Gasteiger partial charge in [0.25, 0.3) is 0 Å². The maximum absolute atomic E-state index is 12.3. The van der Waals surface area contributed by atoms with E-state index in [1.807, 2.05) is 24.2 Å². The predicted octanol–water partition coefficient (Wildman–Crippen LogP) is 2.21. The van der Waals surface area contributed by atoms with Crippen LogP contribution >= 0.6 is 0 Å². The highest BCUT2D eigenvalue weighted by Gasteiger charge is 2.30. The standard InChI is InChI=1S/C16H25N3O3/c1-18-11-5-7-13(18)14-8-6-12-19(14)16(21)17-10-4-3-9-15(20)22-2/h5,7,11,14H,3-4,6,8-10,12H2,1-2H3,(H,17,21). The first-order chi connectivity index (χ1) is 10.6. The Morgan fingerprint density at radius 1 is 1.41 bits per heavy atom. The number of methoxy groups -OCH3 is 1. The quantitative estimate of drug-likeness (QED) is 0.647. The molecule has 22 heavy (non-hydrogen) atoms. The molecule has 6 nitrogen and oxygen atoms in total. The summed E-state index contributed by atoms with van der Waals surface area (Å²) < 4.78 is 6.66. The zero-order valence-corrected chi connectivity index (χ0v) is 13.4. The molecule has 1 fully saturated rings. The Labute approximate surface area is 131 Å². The molecule has 1 saturated heterocycles. The highest BCUT2D eigenvalue weighted by atomic mass is 16.5. The average molecular weight is 307 g/mol. The molecule has 0 aromatic carbocycles. The van der Waals surface area contributed by atoms with Gasteiger partial charge in [-0.05, 0) is 37.8 Å². The van der Waals surface area contributed by atoms with Gasteiger partial charge in [-0.1, -0.05) is 0 Å². The molecule has 0 aliphatic carbocycles. The van der Waals surface area contributed by atoms with E-state index in [-0.39, 0.29) is 18.0 Å². The molecule has 1 aromatic rings. The number of rotatable bonds is 6. The number of aromatic nitrogens is 1. The highest BCUT2D eigenvalue weighted by Crippen LogP contribution is 2.31. The van der Waals surface area contributed by atoms with Crippen molar-refractivity contribution in [3.63, 3.8) is 0 Å². The van der Waals surface area contributed by atoms with Crippen LogP contribution in [0.4, 0.5) is 4.79 Å². The van der Waals surface area contributed by atoms with E-state index in [4.69, 9.17) is 0 Å². The highest BCUT2D eigenvalue weighted by molar-refractivity contribution is 5.75. The van der Waals surface area contributed by atoms with Gasteiger partial charge in [-0.15, -0.1) is 0 Å². The number of carbonyl (C=O) groups excluding carboxylic acids is 2. The Hall–Kier alpha value is -1.98. The molecular weight excluding hydrogens is 282 g/mol. The summed E-state index contributed by atoms with van der Waals surface area (Å²) in [7, 11) is 3.40. The number of ether oxygens (including phenoxy) is 1. The van der Waals surface area contributed by atoms with Crippen LogP contribution in [-0.4, -0.2) is 41.7 Å². The first-order valence-electron chi connectivity index (χ1n) is 7.86. The summed E-state index contributed by atoms with van der Waals surface area (Å²) >= 11 is 0. The van der Waals surface area contributed by atoms with Gasteiger partial charge < -0.3 is 19.5 Å². The van der Waals surface area contributed by atoms with Crippen LogP contribution in [0.2, 0.25) is 0 Å². The fraction of sp³-hybridized carbons (Fsp3) is 0.625. The minimum Gasteiger partial charge on any atom is -0.469 e. The lowest BCUT2D eigenvalue weighted by Crippen LogP contribution is -2.40. The van der Waals surface area contributed by atoms with Gasteiger partial charge in [0.1, 0.15) is 0 Å². The minimum absolute atomic E-state index is 0.0123. The molecule has 0 spiro atoms. The molecule has 0 saturated carbocycles.